The number of rotatable bonds is 1. The Labute approximate surface area is 96.2 Å². The second-order valence-electron chi connectivity index (χ2n) is 5.66. The van der Waals surface area contributed by atoms with Crippen LogP contribution in [0.4, 0.5) is 0 Å². The zero-order chi connectivity index (χ0) is 12.1. The molecule has 0 amide bonds. The molecule has 2 aliphatic carbocycles. The molecule has 0 aliphatic heterocycles. The molecule has 0 bridgehead atoms. The predicted octanol–water partition coefficient (Wildman–Crippen LogP) is 1.58. The number of hydrogen-bond acceptors (Lipinski definition) is 3. The maximum absolute atomic E-state index is 12.0. The van der Waals surface area contributed by atoms with E-state index in [0.717, 1.165) is 18.4 Å². The highest BCUT2D eigenvalue weighted by Gasteiger charge is 2.51. The van der Waals surface area contributed by atoms with E-state index in [9.17, 15) is 15.0 Å². The van der Waals surface area contributed by atoms with E-state index in [4.69, 9.17) is 0 Å². The molecule has 2 unspecified atom stereocenters. The summed E-state index contributed by atoms with van der Waals surface area (Å²) in [4.78, 5) is 12.0. The van der Waals surface area contributed by atoms with E-state index in [1.165, 1.54) is 0 Å². The summed E-state index contributed by atoms with van der Waals surface area (Å²) in [7, 11) is 0. The molecule has 0 heterocycles. The highest BCUT2D eigenvalue weighted by molar-refractivity contribution is 6.02. The topological polar surface area (TPSA) is 57.5 Å². The van der Waals surface area contributed by atoms with Crippen molar-refractivity contribution >= 4 is 5.78 Å². The molecule has 16 heavy (non-hydrogen) atoms. The molecule has 2 aliphatic rings. The van der Waals surface area contributed by atoms with Gasteiger partial charge >= 0.3 is 0 Å². The van der Waals surface area contributed by atoms with E-state index in [0.29, 0.717) is 12.0 Å². The van der Waals surface area contributed by atoms with Gasteiger partial charge in [0.25, 0.3) is 0 Å². The lowest BCUT2D eigenvalue weighted by Gasteiger charge is -2.38. The van der Waals surface area contributed by atoms with Gasteiger partial charge < -0.3 is 10.2 Å². The van der Waals surface area contributed by atoms with Crippen molar-refractivity contribution in [3.8, 4) is 0 Å². The number of hydrogen-bond donors (Lipinski definition) is 2. The van der Waals surface area contributed by atoms with Gasteiger partial charge in [-0.05, 0) is 37.7 Å². The Hall–Kier alpha value is -0.670. The number of carbonyl (C=O) groups is 1. The summed E-state index contributed by atoms with van der Waals surface area (Å²) in [5.41, 5.74) is -0.764. The second-order valence-corrected chi connectivity index (χ2v) is 5.66. The lowest BCUT2D eigenvalue weighted by molar-refractivity contribution is -0.119. The molecular weight excluding hydrogens is 204 g/mol. The van der Waals surface area contributed by atoms with Gasteiger partial charge in [-0.15, -0.1) is 0 Å². The van der Waals surface area contributed by atoms with Gasteiger partial charge in [-0.25, -0.2) is 0 Å². The van der Waals surface area contributed by atoms with E-state index < -0.39 is 11.2 Å². The molecule has 0 radical (unpaired) electrons. The quantitative estimate of drug-likeness (QED) is 0.711. The Morgan fingerprint density at radius 1 is 1.31 bits per heavy atom. The van der Waals surface area contributed by atoms with Gasteiger partial charge in [-0.1, -0.05) is 13.8 Å². The Morgan fingerprint density at radius 2 is 1.94 bits per heavy atom. The van der Waals surface area contributed by atoms with Crippen LogP contribution in [-0.2, 0) is 4.79 Å². The summed E-state index contributed by atoms with van der Waals surface area (Å²) in [5.74, 6) is -0.0634. The van der Waals surface area contributed by atoms with Crippen LogP contribution in [0.5, 0.6) is 0 Å². The molecule has 0 spiro atoms. The van der Waals surface area contributed by atoms with Crippen molar-refractivity contribution in [2.45, 2.75) is 57.7 Å². The fourth-order valence-corrected chi connectivity index (χ4v) is 3.08. The molecule has 0 aromatic carbocycles. The number of aliphatic hydroxyl groups is 2. The molecule has 0 aromatic heterocycles. The third-order valence-electron chi connectivity index (χ3n) is 4.11. The van der Waals surface area contributed by atoms with Crippen molar-refractivity contribution < 1.29 is 15.0 Å². The standard InChI is InChI=1S/C13H20O3/c1-8(2)13(16)6-4-5-9-11(13)10(14)7-12(9,3)15/h8,15-16H,4-7H2,1-3H3. The average Bonchev–Trinajstić information content (AvgIpc) is 2.38. The molecule has 0 aromatic rings. The Morgan fingerprint density at radius 3 is 2.50 bits per heavy atom. The minimum atomic E-state index is -1.03. The van der Waals surface area contributed by atoms with Crippen LogP contribution < -0.4 is 0 Å². The van der Waals surface area contributed by atoms with Crippen LogP contribution in [0.2, 0.25) is 0 Å². The molecule has 3 nitrogen and oxygen atoms in total. The first kappa shape index (κ1) is 11.8. The van der Waals surface area contributed by atoms with Crippen molar-refractivity contribution in [3.05, 3.63) is 11.1 Å². The first-order valence-electron chi connectivity index (χ1n) is 6.01. The van der Waals surface area contributed by atoms with Gasteiger partial charge in [-0.3, -0.25) is 4.79 Å². The van der Waals surface area contributed by atoms with E-state index in [1.54, 1.807) is 6.92 Å². The van der Waals surface area contributed by atoms with Crippen molar-refractivity contribution in [1.82, 2.24) is 0 Å². The lowest BCUT2D eigenvalue weighted by Crippen LogP contribution is -2.42. The third-order valence-corrected chi connectivity index (χ3v) is 4.11. The van der Waals surface area contributed by atoms with Crippen LogP contribution in [-0.4, -0.2) is 27.2 Å². The van der Waals surface area contributed by atoms with Gasteiger partial charge in [-0.2, -0.15) is 0 Å². The largest absolute Gasteiger partial charge is 0.385 e. The van der Waals surface area contributed by atoms with E-state index >= 15 is 0 Å². The first-order chi connectivity index (χ1) is 7.29. The van der Waals surface area contributed by atoms with Crippen molar-refractivity contribution in [3.63, 3.8) is 0 Å². The molecule has 2 rings (SSSR count). The molecule has 3 heteroatoms. The smallest absolute Gasteiger partial charge is 0.165 e. The van der Waals surface area contributed by atoms with Crippen LogP contribution >= 0.6 is 0 Å². The number of ketones is 1. The zero-order valence-electron chi connectivity index (χ0n) is 10.2. The van der Waals surface area contributed by atoms with Gasteiger partial charge in [0.2, 0.25) is 0 Å². The zero-order valence-corrected chi connectivity index (χ0v) is 10.2. The average molecular weight is 224 g/mol. The lowest BCUT2D eigenvalue weighted by atomic mass is 9.72. The monoisotopic (exact) mass is 224 g/mol. The summed E-state index contributed by atoms with van der Waals surface area (Å²) in [6.07, 6.45) is 2.35. The first-order valence-corrected chi connectivity index (χ1v) is 6.01. The molecule has 0 fully saturated rings. The Kier molecular flexibility index (Phi) is 2.52. The Balaban J connectivity index is 2.55. The normalized spacial score (nSPS) is 39.5. The van der Waals surface area contributed by atoms with Crippen LogP contribution in [0.3, 0.4) is 0 Å². The Bertz CT molecular complexity index is 365. The van der Waals surface area contributed by atoms with Gasteiger partial charge in [0.05, 0.1) is 11.2 Å². The highest BCUT2D eigenvalue weighted by atomic mass is 16.3. The van der Waals surface area contributed by atoms with E-state index in [2.05, 4.69) is 0 Å². The summed E-state index contributed by atoms with van der Waals surface area (Å²) >= 11 is 0. The summed E-state index contributed by atoms with van der Waals surface area (Å²) < 4.78 is 0. The fraction of sp³-hybridized carbons (Fsp3) is 0.769. The number of carbonyl (C=O) groups excluding carboxylic acids is 1. The summed E-state index contributed by atoms with van der Waals surface area (Å²) in [6.45, 7) is 5.53. The predicted molar refractivity (Wildman–Crippen MR) is 60.9 cm³/mol. The van der Waals surface area contributed by atoms with Crippen LogP contribution in [0, 0.1) is 5.92 Å². The minimum absolute atomic E-state index is 0.00986. The second kappa shape index (κ2) is 3.41. The van der Waals surface area contributed by atoms with E-state index in [-0.39, 0.29) is 18.1 Å². The fourth-order valence-electron chi connectivity index (χ4n) is 3.08. The highest BCUT2D eigenvalue weighted by Crippen LogP contribution is 2.48. The van der Waals surface area contributed by atoms with Crippen LogP contribution in [0.25, 0.3) is 0 Å². The molecular formula is C13H20O3. The SMILES string of the molecule is CC(C)C1(O)CCCC2=C1C(=O)CC2(C)O. The van der Waals surface area contributed by atoms with E-state index in [1.807, 2.05) is 13.8 Å². The van der Waals surface area contributed by atoms with Crippen molar-refractivity contribution in [2.24, 2.45) is 5.92 Å². The molecule has 2 N–H and O–H groups in total. The summed E-state index contributed by atoms with van der Waals surface area (Å²) in [6, 6.07) is 0. The minimum Gasteiger partial charge on any atom is -0.385 e. The number of Topliss-reactive ketones (excluding diaryl/α,β-unsaturated/α-hetero) is 1. The van der Waals surface area contributed by atoms with Crippen molar-refractivity contribution in [2.75, 3.05) is 0 Å². The molecule has 0 saturated heterocycles. The maximum Gasteiger partial charge on any atom is 0.165 e. The van der Waals surface area contributed by atoms with Crippen molar-refractivity contribution in [1.29, 1.82) is 0 Å². The van der Waals surface area contributed by atoms with Gasteiger partial charge in [0.15, 0.2) is 5.78 Å². The molecule has 2 atom stereocenters. The molecule has 0 saturated carbocycles. The van der Waals surface area contributed by atoms with Gasteiger partial charge in [0.1, 0.15) is 0 Å². The van der Waals surface area contributed by atoms with Crippen LogP contribution in [0.1, 0.15) is 46.5 Å². The maximum atomic E-state index is 12.0. The molecule has 90 valence electrons. The third kappa shape index (κ3) is 1.45. The van der Waals surface area contributed by atoms with Crippen LogP contribution in [0.15, 0.2) is 11.1 Å². The van der Waals surface area contributed by atoms with Gasteiger partial charge in [0, 0.05) is 12.0 Å². The summed E-state index contributed by atoms with van der Waals surface area (Å²) in [5, 5.41) is 20.8.